The summed E-state index contributed by atoms with van der Waals surface area (Å²) in [5.41, 5.74) is 0.595. The van der Waals surface area contributed by atoms with Gasteiger partial charge in [0, 0.05) is 6.54 Å². The number of aromatic amines is 1. The predicted molar refractivity (Wildman–Crippen MR) is 77.8 cm³/mol. The van der Waals surface area contributed by atoms with Gasteiger partial charge in [0.1, 0.15) is 10.5 Å². The van der Waals surface area contributed by atoms with Crippen LogP contribution < -0.4 is 5.56 Å². The SMILES string of the molecule is COC(=O)C(C)CN(C)Cc1nc2ccsc2c(=O)[nH]1. The summed E-state index contributed by atoms with van der Waals surface area (Å²) in [6.07, 6.45) is 0. The Morgan fingerprint density at radius 3 is 3.05 bits per heavy atom. The summed E-state index contributed by atoms with van der Waals surface area (Å²) < 4.78 is 5.33. The molecule has 1 atom stereocenters. The lowest BCUT2D eigenvalue weighted by Crippen LogP contribution is -2.30. The minimum atomic E-state index is -0.244. The first-order chi connectivity index (χ1) is 9.51. The van der Waals surface area contributed by atoms with E-state index in [0.29, 0.717) is 29.1 Å². The zero-order valence-corrected chi connectivity index (χ0v) is 12.5. The summed E-state index contributed by atoms with van der Waals surface area (Å²) in [6.45, 7) is 2.82. The zero-order chi connectivity index (χ0) is 14.7. The van der Waals surface area contributed by atoms with Crippen molar-refractivity contribution in [1.29, 1.82) is 0 Å². The van der Waals surface area contributed by atoms with Crippen molar-refractivity contribution in [3.63, 3.8) is 0 Å². The number of esters is 1. The van der Waals surface area contributed by atoms with Crippen LogP contribution in [0.5, 0.6) is 0 Å². The molecule has 1 unspecified atom stereocenters. The van der Waals surface area contributed by atoms with E-state index in [9.17, 15) is 9.59 Å². The molecule has 0 bridgehead atoms. The summed E-state index contributed by atoms with van der Waals surface area (Å²) in [5, 5.41) is 1.85. The molecule has 1 N–H and O–H groups in total. The van der Waals surface area contributed by atoms with Gasteiger partial charge >= 0.3 is 5.97 Å². The quantitative estimate of drug-likeness (QED) is 0.840. The molecule has 0 spiro atoms. The molecule has 2 aromatic heterocycles. The molecular formula is C13H17N3O3S. The maximum Gasteiger partial charge on any atom is 0.309 e. The van der Waals surface area contributed by atoms with E-state index in [1.165, 1.54) is 18.4 Å². The van der Waals surface area contributed by atoms with Crippen molar-refractivity contribution in [3.05, 3.63) is 27.6 Å². The molecule has 0 aromatic carbocycles. The molecule has 2 heterocycles. The molecule has 0 aliphatic carbocycles. The number of methoxy groups -OCH3 is 1. The smallest absolute Gasteiger partial charge is 0.309 e. The Hall–Kier alpha value is -1.73. The maximum atomic E-state index is 11.8. The number of thiophene rings is 1. The lowest BCUT2D eigenvalue weighted by Gasteiger charge is -2.19. The second kappa shape index (κ2) is 6.15. The number of carbonyl (C=O) groups excluding carboxylic acids is 1. The monoisotopic (exact) mass is 295 g/mol. The van der Waals surface area contributed by atoms with Gasteiger partial charge in [-0.05, 0) is 18.5 Å². The molecule has 0 aliphatic heterocycles. The summed E-state index contributed by atoms with van der Waals surface area (Å²) in [6, 6.07) is 1.83. The average Bonchev–Trinajstić information content (AvgIpc) is 2.86. The van der Waals surface area contributed by atoms with Gasteiger partial charge in [-0.3, -0.25) is 14.5 Å². The van der Waals surface area contributed by atoms with Crippen LogP contribution >= 0.6 is 11.3 Å². The minimum absolute atomic E-state index is 0.116. The molecular weight excluding hydrogens is 278 g/mol. The standard InChI is InChI=1S/C13H17N3O3S/c1-8(13(18)19-3)6-16(2)7-10-14-9-4-5-20-11(9)12(17)15-10/h4-5,8H,6-7H2,1-3H3,(H,14,15,17). The number of nitrogens with one attached hydrogen (secondary N) is 1. The third-order valence-corrected chi connectivity index (χ3v) is 3.88. The Morgan fingerprint density at radius 1 is 1.60 bits per heavy atom. The molecule has 2 aromatic rings. The van der Waals surface area contributed by atoms with E-state index in [4.69, 9.17) is 4.74 Å². The van der Waals surface area contributed by atoms with Crippen molar-refractivity contribution in [3.8, 4) is 0 Å². The second-order valence-electron chi connectivity index (χ2n) is 4.77. The number of rotatable bonds is 5. The van der Waals surface area contributed by atoms with Crippen molar-refractivity contribution in [1.82, 2.24) is 14.9 Å². The highest BCUT2D eigenvalue weighted by Crippen LogP contribution is 2.14. The van der Waals surface area contributed by atoms with E-state index < -0.39 is 0 Å². The van der Waals surface area contributed by atoms with Crippen molar-refractivity contribution in [2.75, 3.05) is 20.7 Å². The van der Waals surface area contributed by atoms with Crippen LogP contribution in [0.4, 0.5) is 0 Å². The number of H-pyrrole nitrogens is 1. The number of hydrogen-bond donors (Lipinski definition) is 1. The maximum absolute atomic E-state index is 11.8. The highest BCUT2D eigenvalue weighted by atomic mass is 32.1. The van der Waals surface area contributed by atoms with Crippen LogP contribution in [0.3, 0.4) is 0 Å². The van der Waals surface area contributed by atoms with E-state index in [2.05, 4.69) is 9.97 Å². The van der Waals surface area contributed by atoms with Gasteiger partial charge in [0.2, 0.25) is 0 Å². The Labute approximate surface area is 120 Å². The first-order valence-corrected chi connectivity index (χ1v) is 7.12. The molecule has 0 fully saturated rings. The fraction of sp³-hybridized carbons (Fsp3) is 0.462. The van der Waals surface area contributed by atoms with Crippen molar-refractivity contribution in [2.45, 2.75) is 13.5 Å². The van der Waals surface area contributed by atoms with Crippen LogP contribution in [0.15, 0.2) is 16.2 Å². The number of nitrogens with zero attached hydrogens (tertiary/aromatic N) is 2. The normalized spacial score (nSPS) is 12.8. The van der Waals surface area contributed by atoms with E-state index in [1.807, 2.05) is 23.4 Å². The molecule has 0 amide bonds. The fourth-order valence-electron chi connectivity index (χ4n) is 2.06. The molecule has 0 saturated carbocycles. The van der Waals surface area contributed by atoms with E-state index >= 15 is 0 Å². The number of ether oxygens (including phenoxy) is 1. The fourth-order valence-corrected chi connectivity index (χ4v) is 2.79. The minimum Gasteiger partial charge on any atom is -0.469 e. The van der Waals surface area contributed by atoms with Crippen LogP contribution in [-0.4, -0.2) is 41.5 Å². The van der Waals surface area contributed by atoms with E-state index in [-0.39, 0.29) is 17.4 Å². The van der Waals surface area contributed by atoms with Crippen molar-refractivity contribution in [2.24, 2.45) is 5.92 Å². The van der Waals surface area contributed by atoms with Crippen LogP contribution in [0.25, 0.3) is 10.2 Å². The number of carbonyl (C=O) groups is 1. The molecule has 0 radical (unpaired) electrons. The lowest BCUT2D eigenvalue weighted by molar-refractivity contribution is -0.145. The average molecular weight is 295 g/mol. The molecule has 7 heteroatoms. The van der Waals surface area contributed by atoms with Gasteiger partial charge in [0.15, 0.2) is 0 Å². The molecule has 0 saturated heterocycles. The van der Waals surface area contributed by atoms with Crippen molar-refractivity contribution >= 4 is 27.5 Å². The number of fused-ring (bicyclic) bond motifs is 1. The molecule has 20 heavy (non-hydrogen) atoms. The second-order valence-corrected chi connectivity index (χ2v) is 5.68. The Kier molecular flexibility index (Phi) is 4.51. The van der Waals surface area contributed by atoms with Gasteiger partial charge in [-0.15, -0.1) is 11.3 Å². The predicted octanol–water partition coefficient (Wildman–Crippen LogP) is 1.23. The highest BCUT2D eigenvalue weighted by Gasteiger charge is 2.16. The lowest BCUT2D eigenvalue weighted by atomic mass is 10.2. The summed E-state index contributed by atoms with van der Waals surface area (Å²) in [4.78, 5) is 32.3. The highest BCUT2D eigenvalue weighted by molar-refractivity contribution is 7.17. The summed E-state index contributed by atoms with van der Waals surface area (Å²) in [7, 11) is 3.25. The van der Waals surface area contributed by atoms with Gasteiger partial charge in [-0.1, -0.05) is 6.92 Å². The zero-order valence-electron chi connectivity index (χ0n) is 11.7. The van der Waals surface area contributed by atoms with Gasteiger partial charge < -0.3 is 9.72 Å². The Balaban J connectivity index is 2.08. The molecule has 2 rings (SSSR count). The molecule has 0 aliphatic rings. The third kappa shape index (κ3) is 3.23. The largest absolute Gasteiger partial charge is 0.469 e. The van der Waals surface area contributed by atoms with Crippen molar-refractivity contribution < 1.29 is 9.53 Å². The van der Waals surface area contributed by atoms with Crippen LogP contribution in [0, 0.1) is 5.92 Å². The van der Waals surface area contributed by atoms with Crippen LogP contribution in [-0.2, 0) is 16.1 Å². The first-order valence-electron chi connectivity index (χ1n) is 6.24. The first kappa shape index (κ1) is 14.7. The van der Waals surface area contributed by atoms with E-state index in [0.717, 1.165) is 0 Å². The number of hydrogen-bond acceptors (Lipinski definition) is 6. The van der Waals surface area contributed by atoms with Gasteiger partial charge in [-0.2, -0.15) is 0 Å². The summed E-state index contributed by atoms with van der Waals surface area (Å²) >= 11 is 1.38. The third-order valence-electron chi connectivity index (χ3n) is 2.97. The Bertz CT molecular complexity index is 664. The number of aromatic nitrogens is 2. The summed E-state index contributed by atoms with van der Waals surface area (Å²) in [5.74, 6) is 0.133. The van der Waals surface area contributed by atoms with Crippen LogP contribution in [0.1, 0.15) is 12.7 Å². The van der Waals surface area contributed by atoms with E-state index in [1.54, 1.807) is 6.92 Å². The molecule has 108 valence electrons. The van der Waals surface area contributed by atoms with Gasteiger partial charge in [-0.25, -0.2) is 4.98 Å². The topological polar surface area (TPSA) is 75.3 Å². The van der Waals surface area contributed by atoms with Crippen LogP contribution in [0.2, 0.25) is 0 Å². The Morgan fingerprint density at radius 2 is 2.35 bits per heavy atom. The van der Waals surface area contributed by atoms with Gasteiger partial charge in [0.25, 0.3) is 5.56 Å². The molecule has 6 nitrogen and oxygen atoms in total. The van der Waals surface area contributed by atoms with Gasteiger partial charge in [0.05, 0.1) is 25.1 Å².